The summed E-state index contributed by atoms with van der Waals surface area (Å²) in [5, 5.41) is 0. The van der Waals surface area contributed by atoms with Crippen molar-refractivity contribution in [2.75, 3.05) is 11.9 Å². The van der Waals surface area contributed by atoms with Crippen LogP contribution in [-0.4, -0.2) is 13.0 Å². The maximum atomic E-state index is 13.0. The molecule has 0 radical (unpaired) electrons. The highest BCUT2D eigenvalue weighted by Crippen LogP contribution is 2.51. The highest BCUT2D eigenvalue weighted by molar-refractivity contribution is 6.08. The number of carbonyl (C=O) groups excluding carboxylic acids is 1. The average molecular weight is 269 g/mol. The van der Waals surface area contributed by atoms with Crippen LogP contribution in [-0.2, 0) is 10.2 Å². The molecule has 1 spiro atoms. The number of hydrogen-bond acceptors (Lipinski definition) is 1. The van der Waals surface area contributed by atoms with E-state index in [0.717, 1.165) is 24.9 Å². The van der Waals surface area contributed by atoms with Crippen LogP contribution in [0.3, 0.4) is 0 Å². The smallest absolute Gasteiger partial charge is 0.238 e. The summed E-state index contributed by atoms with van der Waals surface area (Å²) in [6.07, 6.45) is 10.0. The number of amides is 1. The molecular formula is C18H23NO. The molecule has 20 heavy (non-hydrogen) atoms. The Bertz CT molecular complexity index is 548. The van der Waals surface area contributed by atoms with Crippen LogP contribution in [0.5, 0.6) is 0 Å². The lowest BCUT2D eigenvalue weighted by Crippen LogP contribution is -2.45. The molecule has 0 aromatic heterocycles. The van der Waals surface area contributed by atoms with E-state index in [4.69, 9.17) is 0 Å². The van der Waals surface area contributed by atoms with Crippen molar-refractivity contribution in [3.05, 3.63) is 42.0 Å². The summed E-state index contributed by atoms with van der Waals surface area (Å²) >= 11 is 0. The maximum absolute atomic E-state index is 13.0. The van der Waals surface area contributed by atoms with Crippen molar-refractivity contribution in [3.8, 4) is 0 Å². The first-order chi connectivity index (χ1) is 9.71. The zero-order chi connectivity index (χ0) is 14.2. The average Bonchev–Trinajstić information content (AvgIpc) is 2.70. The maximum Gasteiger partial charge on any atom is 0.238 e. The number of anilines is 1. The molecule has 2 aliphatic rings. The second-order valence-electron chi connectivity index (χ2n) is 6.07. The summed E-state index contributed by atoms with van der Waals surface area (Å²) in [5.74, 6) is 0.652. The van der Waals surface area contributed by atoms with E-state index in [0.29, 0.717) is 11.8 Å². The number of hydrogen-bond donors (Lipinski definition) is 0. The molecule has 1 amide bonds. The van der Waals surface area contributed by atoms with E-state index >= 15 is 0 Å². The predicted molar refractivity (Wildman–Crippen MR) is 82.9 cm³/mol. The quantitative estimate of drug-likeness (QED) is 0.758. The number of allylic oxidation sites excluding steroid dienone is 2. The highest BCUT2D eigenvalue weighted by atomic mass is 16.2. The van der Waals surface area contributed by atoms with Crippen molar-refractivity contribution in [1.82, 2.24) is 0 Å². The zero-order valence-corrected chi connectivity index (χ0v) is 12.4. The van der Waals surface area contributed by atoms with Crippen LogP contribution in [0.4, 0.5) is 5.69 Å². The lowest BCUT2D eigenvalue weighted by Gasteiger charge is -2.37. The summed E-state index contributed by atoms with van der Waals surface area (Å²) in [4.78, 5) is 14.9. The van der Waals surface area contributed by atoms with Crippen LogP contribution in [0.15, 0.2) is 36.4 Å². The van der Waals surface area contributed by atoms with Gasteiger partial charge in [0.15, 0.2) is 0 Å². The van der Waals surface area contributed by atoms with E-state index in [9.17, 15) is 4.79 Å². The van der Waals surface area contributed by atoms with Gasteiger partial charge in [-0.2, -0.15) is 0 Å². The Hall–Kier alpha value is -1.57. The van der Waals surface area contributed by atoms with Crippen LogP contribution in [0, 0.1) is 5.92 Å². The van der Waals surface area contributed by atoms with Crippen molar-refractivity contribution in [2.45, 2.75) is 44.4 Å². The monoisotopic (exact) mass is 269 g/mol. The van der Waals surface area contributed by atoms with E-state index in [2.05, 4.69) is 37.3 Å². The van der Waals surface area contributed by atoms with E-state index in [-0.39, 0.29) is 5.41 Å². The van der Waals surface area contributed by atoms with Crippen LogP contribution in [0.1, 0.15) is 44.6 Å². The third kappa shape index (κ3) is 1.74. The third-order valence-corrected chi connectivity index (χ3v) is 5.01. The normalized spacial score (nSPS) is 28.2. The Balaban J connectivity index is 2.09. The summed E-state index contributed by atoms with van der Waals surface area (Å²) in [7, 11) is 1.92. The van der Waals surface area contributed by atoms with Crippen LogP contribution in [0.25, 0.3) is 0 Å². The Kier molecular flexibility index (Phi) is 3.41. The summed E-state index contributed by atoms with van der Waals surface area (Å²) < 4.78 is 0. The van der Waals surface area contributed by atoms with Gasteiger partial charge in [-0.05, 0) is 36.8 Å². The molecule has 106 valence electrons. The topological polar surface area (TPSA) is 20.3 Å². The number of para-hydroxylation sites is 1. The lowest BCUT2D eigenvalue weighted by atomic mass is 9.64. The fourth-order valence-corrected chi connectivity index (χ4v) is 3.95. The molecule has 2 nitrogen and oxygen atoms in total. The molecular weight excluding hydrogens is 246 g/mol. The van der Waals surface area contributed by atoms with Gasteiger partial charge in [0.05, 0.1) is 5.41 Å². The highest BCUT2D eigenvalue weighted by Gasteiger charge is 2.53. The van der Waals surface area contributed by atoms with Crippen molar-refractivity contribution in [1.29, 1.82) is 0 Å². The van der Waals surface area contributed by atoms with E-state index in [1.54, 1.807) is 0 Å². The zero-order valence-electron chi connectivity index (χ0n) is 12.4. The molecule has 0 saturated heterocycles. The Morgan fingerprint density at radius 2 is 2.15 bits per heavy atom. The lowest BCUT2D eigenvalue weighted by molar-refractivity contribution is -0.124. The van der Waals surface area contributed by atoms with E-state index in [1.165, 1.54) is 18.4 Å². The van der Waals surface area contributed by atoms with E-state index < -0.39 is 0 Å². The predicted octanol–water partition coefficient (Wildman–Crippen LogP) is 4.06. The molecule has 1 heterocycles. The van der Waals surface area contributed by atoms with Crippen LogP contribution < -0.4 is 4.90 Å². The van der Waals surface area contributed by atoms with Gasteiger partial charge < -0.3 is 4.90 Å². The SMILES string of the molecule is CCCC[C@@H]1C=CCC[C@]12C(=O)N(C)c1ccccc12. The molecule has 1 aromatic carbocycles. The number of carbonyl (C=O) groups is 1. The summed E-state index contributed by atoms with van der Waals surface area (Å²) in [6, 6.07) is 8.34. The molecule has 0 bridgehead atoms. The number of nitrogens with zero attached hydrogens (tertiary/aromatic N) is 1. The number of unbranched alkanes of at least 4 members (excludes halogenated alkanes) is 1. The summed E-state index contributed by atoms with van der Waals surface area (Å²) in [6.45, 7) is 2.22. The molecule has 0 unspecified atom stereocenters. The molecule has 1 aliphatic heterocycles. The van der Waals surface area contributed by atoms with E-state index in [1.807, 2.05) is 18.0 Å². The van der Waals surface area contributed by atoms with Gasteiger partial charge in [-0.15, -0.1) is 0 Å². The fourth-order valence-electron chi connectivity index (χ4n) is 3.95. The molecule has 3 rings (SSSR count). The van der Waals surface area contributed by atoms with Crippen molar-refractivity contribution in [2.24, 2.45) is 5.92 Å². The van der Waals surface area contributed by atoms with Gasteiger partial charge in [0.2, 0.25) is 5.91 Å². The number of likely N-dealkylation sites (N-methyl/N-ethyl adjacent to an activating group) is 1. The standard InChI is InChI=1S/C18H23NO/c1-3-4-9-14-10-7-8-13-18(14)15-11-5-6-12-16(15)19(2)17(18)20/h5-7,10-12,14H,3-4,8-9,13H2,1-2H3/t14-,18+/m1/s1. The Morgan fingerprint density at radius 3 is 2.95 bits per heavy atom. The minimum Gasteiger partial charge on any atom is -0.314 e. The summed E-state index contributed by atoms with van der Waals surface area (Å²) in [5.41, 5.74) is 2.06. The van der Waals surface area contributed by atoms with Crippen molar-refractivity contribution >= 4 is 11.6 Å². The van der Waals surface area contributed by atoms with Crippen molar-refractivity contribution in [3.63, 3.8) is 0 Å². The Labute approximate surface area is 121 Å². The van der Waals surface area contributed by atoms with Gasteiger partial charge in [0.1, 0.15) is 0 Å². The fraction of sp³-hybridized carbons (Fsp3) is 0.500. The Morgan fingerprint density at radius 1 is 1.35 bits per heavy atom. The second kappa shape index (κ2) is 5.08. The van der Waals surface area contributed by atoms with Crippen LogP contribution >= 0.6 is 0 Å². The number of benzene rings is 1. The molecule has 0 fully saturated rings. The van der Waals surface area contributed by atoms with Crippen LogP contribution in [0.2, 0.25) is 0 Å². The van der Waals surface area contributed by atoms with Gasteiger partial charge in [-0.3, -0.25) is 4.79 Å². The van der Waals surface area contributed by atoms with Gasteiger partial charge in [0, 0.05) is 12.7 Å². The van der Waals surface area contributed by atoms with Crippen molar-refractivity contribution < 1.29 is 4.79 Å². The van der Waals surface area contributed by atoms with Gasteiger partial charge >= 0.3 is 0 Å². The van der Waals surface area contributed by atoms with Gasteiger partial charge in [-0.1, -0.05) is 50.1 Å². The largest absolute Gasteiger partial charge is 0.314 e. The third-order valence-electron chi connectivity index (χ3n) is 5.01. The number of fused-ring (bicyclic) bond motifs is 2. The molecule has 2 atom stereocenters. The molecule has 1 aliphatic carbocycles. The minimum absolute atomic E-state index is 0.296. The molecule has 0 N–H and O–H groups in total. The van der Waals surface area contributed by atoms with Gasteiger partial charge in [0.25, 0.3) is 0 Å². The first kappa shape index (κ1) is 13.4. The molecule has 0 saturated carbocycles. The first-order valence-electron chi connectivity index (χ1n) is 7.76. The molecule has 1 aromatic rings. The van der Waals surface area contributed by atoms with Gasteiger partial charge in [-0.25, -0.2) is 0 Å². The first-order valence-corrected chi connectivity index (χ1v) is 7.76. The number of rotatable bonds is 3. The molecule has 2 heteroatoms. The second-order valence-corrected chi connectivity index (χ2v) is 6.07. The minimum atomic E-state index is -0.296.